The van der Waals surface area contributed by atoms with Gasteiger partial charge in [-0.15, -0.1) is 0 Å². The number of nitrogens with zero attached hydrogens (tertiary/aromatic N) is 1. The average molecular weight is 296 g/mol. The molecule has 2 fully saturated rings. The third-order valence-corrected chi connectivity index (χ3v) is 5.06. The number of likely N-dealkylation sites (tertiary alicyclic amines) is 1. The number of amides is 1. The molecule has 1 unspecified atom stereocenters. The molecule has 2 heterocycles. The first-order valence-electron chi connectivity index (χ1n) is 8.55. The highest BCUT2D eigenvalue weighted by Crippen LogP contribution is 2.34. The third-order valence-electron chi connectivity index (χ3n) is 5.06. The lowest BCUT2D eigenvalue weighted by atomic mass is 9.74. The van der Waals surface area contributed by atoms with Crippen molar-refractivity contribution in [2.24, 2.45) is 17.8 Å². The Balaban J connectivity index is 1.78. The number of piperidine rings is 2. The fourth-order valence-electron chi connectivity index (χ4n) is 3.69. The summed E-state index contributed by atoms with van der Waals surface area (Å²) in [6, 6.07) is 0. The third kappa shape index (κ3) is 4.87. The quantitative estimate of drug-likeness (QED) is 0.850. The predicted molar refractivity (Wildman–Crippen MR) is 85.3 cm³/mol. The van der Waals surface area contributed by atoms with Gasteiger partial charge in [-0.1, -0.05) is 6.92 Å². The standard InChI is InChI=1S/C17H32N2O2/c1-13(14-5-9-18-10-6-14)15-7-11-19(12-8-15)16(20)21-17(2,3)4/h13-15,18H,5-12H2,1-4H3. The maximum atomic E-state index is 12.1. The Bertz CT molecular complexity index is 337. The molecular weight excluding hydrogens is 264 g/mol. The van der Waals surface area contributed by atoms with Gasteiger partial charge in [0, 0.05) is 13.1 Å². The molecule has 21 heavy (non-hydrogen) atoms. The van der Waals surface area contributed by atoms with Crippen molar-refractivity contribution in [3.8, 4) is 0 Å². The summed E-state index contributed by atoms with van der Waals surface area (Å²) < 4.78 is 5.47. The minimum absolute atomic E-state index is 0.143. The van der Waals surface area contributed by atoms with E-state index in [1.54, 1.807) is 0 Å². The van der Waals surface area contributed by atoms with Crippen LogP contribution in [0.2, 0.25) is 0 Å². The Kier molecular flexibility index (Phi) is 5.53. The van der Waals surface area contributed by atoms with Crippen LogP contribution in [0.4, 0.5) is 4.79 Å². The summed E-state index contributed by atoms with van der Waals surface area (Å²) in [5.41, 5.74) is -0.393. The van der Waals surface area contributed by atoms with Gasteiger partial charge in [0.1, 0.15) is 5.60 Å². The van der Waals surface area contributed by atoms with Gasteiger partial charge in [0.05, 0.1) is 0 Å². The summed E-state index contributed by atoms with van der Waals surface area (Å²) in [5, 5.41) is 3.45. The molecule has 2 aliphatic heterocycles. The lowest BCUT2D eigenvalue weighted by Crippen LogP contribution is -2.43. The van der Waals surface area contributed by atoms with Crippen molar-refractivity contribution in [3.63, 3.8) is 0 Å². The van der Waals surface area contributed by atoms with Gasteiger partial charge in [-0.3, -0.25) is 0 Å². The number of hydrogen-bond acceptors (Lipinski definition) is 3. The molecule has 2 aliphatic rings. The Hall–Kier alpha value is -0.770. The van der Waals surface area contributed by atoms with Crippen molar-refractivity contribution < 1.29 is 9.53 Å². The molecule has 1 atom stereocenters. The van der Waals surface area contributed by atoms with Crippen molar-refractivity contribution in [2.75, 3.05) is 26.2 Å². The highest BCUT2D eigenvalue weighted by atomic mass is 16.6. The first-order valence-corrected chi connectivity index (χ1v) is 8.55. The van der Waals surface area contributed by atoms with Crippen LogP contribution in [-0.2, 0) is 4.74 Å². The molecule has 4 nitrogen and oxygen atoms in total. The lowest BCUT2D eigenvalue weighted by molar-refractivity contribution is 0.0141. The number of carbonyl (C=O) groups is 1. The van der Waals surface area contributed by atoms with E-state index in [1.807, 2.05) is 25.7 Å². The fraction of sp³-hybridized carbons (Fsp3) is 0.941. The van der Waals surface area contributed by atoms with Crippen molar-refractivity contribution >= 4 is 6.09 Å². The summed E-state index contributed by atoms with van der Waals surface area (Å²) in [5.74, 6) is 2.42. The summed E-state index contributed by atoms with van der Waals surface area (Å²) in [6.07, 6.45) is 4.74. The van der Waals surface area contributed by atoms with E-state index < -0.39 is 5.60 Å². The zero-order chi connectivity index (χ0) is 15.5. The summed E-state index contributed by atoms with van der Waals surface area (Å²) in [4.78, 5) is 14.0. The van der Waals surface area contributed by atoms with Crippen LogP contribution in [0, 0.1) is 17.8 Å². The zero-order valence-corrected chi connectivity index (χ0v) is 14.2. The molecule has 1 amide bonds. The van der Waals surface area contributed by atoms with E-state index in [1.165, 1.54) is 25.9 Å². The summed E-state index contributed by atoms with van der Waals surface area (Å²) in [7, 11) is 0. The molecule has 0 aromatic rings. The minimum Gasteiger partial charge on any atom is -0.444 e. The van der Waals surface area contributed by atoms with E-state index >= 15 is 0 Å². The van der Waals surface area contributed by atoms with Crippen molar-refractivity contribution in [2.45, 2.75) is 59.0 Å². The lowest BCUT2D eigenvalue weighted by Gasteiger charge is -2.39. The monoisotopic (exact) mass is 296 g/mol. The van der Waals surface area contributed by atoms with E-state index in [9.17, 15) is 4.79 Å². The molecule has 122 valence electrons. The smallest absolute Gasteiger partial charge is 0.410 e. The predicted octanol–water partition coefficient (Wildman–Crippen LogP) is 3.27. The molecule has 0 saturated carbocycles. The zero-order valence-electron chi connectivity index (χ0n) is 14.2. The largest absolute Gasteiger partial charge is 0.444 e. The van der Waals surface area contributed by atoms with Gasteiger partial charge in [-0.05, 0) is 77.3 Å². The molecular formula is C17H32N2O2. The van der Waals surface area contributed by atoms with Gasteiger partial charge in [0.25, 0.3) is 0 Å². The van der Waals surface area contributed by atoms with Gasteiger partial charge in [0.2, 0.25) is 0 Å². The second-order valence-electron chi connectivity index (χ2n) is 7.75. The van der Waals surface area contributed by atoms with Gasteiger partial charge in [0.15, 0.2) is 0 Å². The van der Waals surface area contributed by atoms with Crippen molar-refractivity contribution in [1.29, 1.82) is 0 Å². The molecule has 0 spiro atoms. The molecule has 0 aliphatic carbocycles. The Labute approximate surface area is 129 Å². The highest BCUT2D eigenvalue weighted by molar-refractivity contribution is 5.68. The van der Waals surface area contributed by atoms with Crippen molar-refractivity contribution in [1.82, 2.24) is 10.2 Å². The van der Waals surface area contributed by atoms with Crippen LogP contribution < -0.4 is 5.32 Å². The van der Waals surface area contributed by atoms with Crippen LogP contribution in [0.15, 0.2) is 0 Å². The fourth-order valence-corrected chi connectivity index (χ4v) is 3.69. The normalized spacial score (nSPS) is 23.9. The van der Waals surface area contributed by atoms with Gasteiger partial charge in [-0.25, -0.2) is 4.79 Å². The SMILES string of the molecule is CC(C1CCNCC1)C1CCN(C(=O)OC(C)(C)C)CC1. The summed E-state index contributed by atoms with van der Waals surface area (Å²) in [6.45, 7) is 12.3. The summed E-state index contributed by atoms with van der Waals surface area (Å²) >= 11 is 0. The number of ether oxygens (including phenoxy) is 1. The van der Waals surface area contributed by atoms with Crippen LogP contribution in [0.1, 0.15) is 53.4 Å². The molecule has 0 bridgehead atoms. The molecule has 1 N–H and O–H groups in total. The molecule has 0 aromatic carbocycles. The van der Waals surface area contributed by atoms with Crippen LogP contribution >= 0.6 is 0 Å². The van der Waals surface area contributed by atoms with Crippen LogP contribution in [-0.4, -0.2) is 42.8 Å². The Morgan fingerprint density at radius 3 is 2.14 bits per heavy atom. The highest BCUT2D eigenvalue weighted by Gasteiger charge is 2.32. The van der Waals surface area contributed by atoms with Gasteiger partial charge in [-0.2, -0.15) is 0 Å². The number of hydrogen-bond donors (Lipinski definition) is 1. The van der Waals surface area contributed by atoms with Gasteiger partial charge < -0.3 is 15.0 Å². The van der Waals surface area contributed by atoms with E-state index in [4.69, 9.17) is 4.74 Å². The molecule has 4 heteroatoms. The molecule has 2 rings (SSSR count). The van der Waals surface area contributed by atoms with E-state index in [-0.39, 0.29) is 6.09 Å². The maximum absolute atomic E-state index is 12.1. The van der Waals surface area contributed by atoms with Crippen LogP contribution in [0.25, 0.3) is 0 Å². The minimum atomic E-state index is -0.393. The van der Waals surface area contributed by atoms with E-state index in [0.717, 1.165) is 43.7 Å². The number of rotatable bonds is 2. The van der Waals surface area contributed by atoms with E-state index in [2.05, 4.69) is 12.2 Å². The Morgan fingerprint density at radius 2 is 1.62 bits per heavy atom. The topological polar surface area (TPSA) is 41.6 Å². The molecule has 0 aromatic heterocycles. The number of nitrogens with one attached hydrogen (secondary N) is 1. The van der Waals surface area contributed by atoms with Crippen LogP contribution in [0.5, 0.6) is 0 Å². The first kappa shape index (κ1) is 16.6. The first-order chi connectivity index (χ1) is 9.87. The number of carbonyl (C=O) groups excluding carboxylic acids is 1. The maximum Gasteiger partial charge on any atom is 0.410 e. The Morgan fingerprint density at radius 1 is 1.10 bits per heavy atom. The average Bonchev–Trinajstić information content (AvgIpc) is 2.46. The molecule has 2 saturated heterocycles. The van der Waals surface area contributed by atoms with Gasteiger partial charge >= 0.3 is 6.09 Å². The van der Waals surface area contributed by atoms with Crippen molar-refractivity contribution in [3.05, 3.63) is 0 Å². The molecule has 0 radical (unpaired) electrons. The van der Waals surface area contributed by atoms with E-state index in [0.29, 0.717) is 0 Å². The second-order valence-corrected chi connectivity index (χ2v) is 7.75. The van der Waals surface area contributed by atoms with Crippen LogP contribution in [0.3, 0.4) is 0 Å². The second kappa shape index (κ2) is 6.99.